The van der Waals surface area contributed by atoms with Crippen LogP contribution in [0.3, 0.4) is 0 Å². The molecule has 0 spiro atoms. The van der Waals surface area contributed by atoms with E-state index in [2.05, 4.69) is 12.2 Å². The highest BCUT2D eigenvalue weighted by molar-refractivity contribution is 6.30. The molecule has 0 aliphatic heterocycles. The van der Waals surface area contributed by atoms with E-state index in [1.54, 1.807) is 0 Å². The molecule has 2 nitrogen and oxygen atoms in total. The number of aliphatic hydroxyl groups is 1. The fourth-order valence-corrected chi connectivity index (χ4v) is 3.18. The van der Waals surface area contributed by atoms with Gasteiger partial charge < -0.3 is 10.4 Å². The Balaban J connectivity index is 2.07. The molecule has 1 aromatic rings. The number of hydrogen-bond donors (Lipinski definition) is 2. The van der Waals surface area contributed by atoms with Crippen LogP contribution in [0, 0.1) is 5.92 Å². The Bertz CT molecular complexity index is 392. The summed E-state index contributed by atoms with van der Waals surface area (Å²) in [4.78, 5) is 0. The molecule has 3 heteroatoms. The van der Waals surface area contributed by atoms with E-state index in [1.807, 2.05) is 24.3 Å². The number of benzene rings is 1. The number of hydrogen-bond acceptors (Lipinski definition) is 2. The standard InChI is InChI=1S/C16H24ClNO/c1-2-13-4-3-10-16(12-19,11-9-13)18-15-7-5-14(17)6-8-15/h5-8,13,18-19H,2-4,9-12H2,1H3. The van der Waals surface area contributed by atoms with Crippen molar-refractivity contribution in [3.63, 3.8) is 0 Å². The number of aliphatic hydroxyl groups excluding tert-OH is 1. The van der Waals surface area contributed by atoms with Crippen LogP contribution in [0.4, 0.5) is 5.69 Å². The van der Waals surface area contributed by atoms with Crippen LogP contribution in [0.5, 0.6) is 0 Å². The first-order valence-electron chi connectivity index (χ1n) is 7.32. The average molecular weight is 282 g/mol. The molecule has 1 aliphatic carbocycles. The Hall–Kier alpha value is -0.730. The third kappa shape index (κ3) is 3.87. The van der Waals surface area contributed by atoms with Gasteiger partial charge in [0, 0.05) is 10.7 Å². The first-order valence-corrected chi connectivity index (χ1v) is 7.70. The lowest BCUT2D eigenvalue weighted by atomic mass is 9.89. The molecule has 106 valence electrons. The maximum atomic E-state index is 9.85. The van der Waals surface area contributed by atoms with Gasteiger partial charge in [-0.2, -0.15) is 0 Å². The molecule has 0 bridgehead atoms. The Morgan fingerprint density at radius 2 is 2.00 bits per heavy atom. The summed E-state index contributed by atoms with van der Waals surface area (Å²) >= 11 is 5.91. The van der Waals surface area contributed by atoms with Crippen molar-refractivity contribution in [3.05, 3.63) is 29.3 Å². The maximum Gasteiger partial charge on any atom is 0.0661 e. The lowest BCUT2D eigenvalue weighted by Gasteiger charge is -2.33. The van der Waals surface area contributed by atoms with Crippen molar-refractivity contribution >= 4 is 17.3 Å². The Labute approximate surface area is 121 Å². The summed E-state index contributed by atoms with van der Waals surface area (Å²) in [6.45, 7) is 2.47. The van der Waals surface area contributed by atoms with E-state index in [0.717, 1.165) is 29.5 Å². The first kappa shape index (κ1) is 14.7. The molecule has 19 heavy (non-hydrogen) atoms. The van der Waals surface area contributed by atoms with Crippen LogP contribution in [0.1, 0.15) is 45.4 Å². The van der Waals surface area contributed by atoms with Crippen molar-refractivity contribution in [2.75, 3.05) is 11.9 Å². The van der Waals surface area contributed by atoms with E-state index in [9.17, 15) is 5.11 Å². The predicted molar refractivity (Wildman–Crippen MR) is 81.8 cm³/mol. The van der Waals surface area contributed by atoms with Crippen LogP contribution in [0.2, 0.25) is 5.02 Å². The predicted octanol–water partition coefficient (Wildman–Crippen LogP) is 4.47. The summed E-state index contributed by atoms with van der Waals surface area (Å²) in [5, 5.41) is 14.1. The summed E-state index contributed by atoms with van der Waals surface area (Å²) in [5.41, 5.74) is 0.894. The average Bonchev–Trinajstić information content (AvgIpc) is 2.64. The fraction of sp³-hybridized carbons (Fsp3) is 0.625. The van der Waals surface area contributed by atoms with Gasteiger partial charge >= 0.3 is 0 Å². The van der Waals surface area contributed by atoms with E-state index in [1.165, 1.54) is 25.7 Å². The zero-order valence-corrected chi connectivity index (χ0v) is 12.4. The minimum absolute atomic E-state index is 0.155. The smallest absolute Gasteiger partial charge is 0.0661 e. The van der Waals surface area contributed by atoms with Crippen LogP contribution >= 0.6 is 11.6 Å². The zero-order valence-electron chi connectivity index (χ0n) is 11.7. The van der Waals surface area contributed by atoms with E-state index < -0.39 is 0 Å². The third-order valence-corrected chi connectivity index (χ3v) is 4.68. The van der Waals surface area contributed by atoms with Crippen molar-refractivity contribution in [2.45, 2.75) is 51.0 Å². The lowest BCUT2D eigenvalue weighted by Crippen LogP contribution is -2.41. The van der Waals surface area contributed by atoms with Crippen LogP contribution < -0.4 is 5.32 Å². The molecule has 1 aromatic carbocycles. The van der Waals surface area contributed by atoms with Crippen LogP contribution in [0.25, 0.3) is 0 Å². The monoisotopic (exact) mass is 281 g/mol. The summed E-state index contributed by atoms with van der Waals surface area (Å²) in [6, 6.07) is 7.75. The van der Waals surface area contributed by atoms with Gasteiger partial charge in [-0.25, -0.2) is 0 Å². The topological polar surface area (TPSA) is 32.3 Å². The number of nitrogens with one attached hydrogen (secondary N) is 1. The molecule has 0 heterocycles. The molecule has 2 N–H and O–H groups in total. The van der Waals surface area contributed by atoms with Gasteiger partial charge in [-0.1, -0.05) is 37.8 Å². The number of halogens is 1. The molecular formula is C16H24ClNO. The summed E-state index contributed by atoms with van der Waals surface area (Å²) in [7, 11) is 0. The summed E-state index contributed by atoms with van der Waals surface area (Å²) in [6.07, 6.45) is 7.04. The SMILES string of the molecule is CCC1CCCC(CO)(Nc2ccc(Cl)cc2)CC1. The van der Waals surface area contributed by atoms with E-state index in [4.69, 9.17) is 11.6 Å². The summed E-state index contributed by atoms with van der Waals surface area (Å²) in [5.74, 6) is 0.820. The number of anilines is 1. The van der Waals surface area contributed by atoms with Gasteiger partial charge in [0.25, 0.3) is 0 Å². The molecule has 1 fully saturated rings. The van der Waals surface area contributed by atoms with Gasteiger partial charge in [0.15, 0.2) is 0 Å². The maximum absolute atomic E-state index is 9.85. The van der Waals surface area contributed by atoms with E-state index >= 15 is 0 Å². The van der Waals surface area contributed by atoms with Gasteiger partial charge in [0.2, 0.25) is 0 Å². The molecule has 2 atom stereocenters. The molecule has 2 unspecified atom stereocenters. The van der Waals surface area contributed by atoms with Crippen LogP contribution in [-0.2, 0) is 0 Å². The first-order chi connectivity index (χ1) is 9.17. The molecule has 0 radical (unpaired) electrons. The van der Waals surface area contributed by atoms with Crippen molar-refractivity contribution in [1.29, 1.82) is 0 Å². The minimum atomic E-state index is -0.155. The highest BCUT2D eigenvalue weighted by Gasteiger charge is 2.32. The van der Waals surface area contributed by atoms with Crippen molar-refractivity contribution in [2.24, 2.45) is 5.92 Å². The van der Waals surface area contributed by atoms with Gasteiger partial charge in [0.05, 0.1) is 12.1 Å². The van der Waals surface area contributed by atoms with Gasteiger partial charge in [-0.15, -0.1) is 0 Å². The lowest BCUT2D eigenvalue weighted by molar-refractivity contribution is 0.194. The fourth-order valence-electron chi connectivity index (χ4n) is 3.05. The normalized spacial score (nSPS) is 27.8. The zero-order chi connectivity index (χ0) is 13.7. The largest absolute Gasteiger partial charge is 0.394 e. The molecule has 0 aromatic heterocycles. The van der Waals surface area contributed by atoms with E-state index in [-0.39, 0.29) is 12.1 Å². The third-order valence-electron chi connectivity index (χ3n) is 4.43. The molecule has 0 saturated heterocycles. The van der Waals surface area contributed by atoms with Gasteiger partial charge in [0.1, 0.15) is 0 Å². The van der Waals surface area contributed by atoms with Gasteiger partial charge in [-0.05, 0) is 49.4 Å². The van der Waals surface area contributed by atoms with Crippen molar-refractivity contribution < 1.29 is 5.11 Å². The Morgan fingerprint density at radius 1 is 1.26 bits per heavy atom. The van der Waals surface area contributed by atoms with Crippen molar-refractivity contribution in [1.82, 2.24) is 0 Å². The second-order valence-corrected chi connectivity index (χ2v) is 6.21. The van der Waals surface area contributed by atoms with Crippen molar-refractivity contribution in [3.8, 4) is 0 Å². The van der Waals surface area contributed by atoms with E-state index in [0.29, 0.717) is 0 Å². The number of rotatable bonds is 4. The second kappa shape index (κ2) is 6.62. The molecule has 1 aliphatic rings. The molecular weight excluding hydrogens is 258 g/mol. The highest BCUT2D eigenvalue weighted by Crippen LogP contribution is 2.34. The van der Waals surface area contributed by atoms with Gasteiger partial charge in [-0.3, -0.25) is 0 Å². The molecule has 2 rings (SSSR count). The quantitative estimate of drug-likeness (QED) is 0.798. The van der Waals surface area contributed by atoms with Crippen LogP contribution in [-0.4, -0.2) is 17.3 Å². The summed E-state index contributed by atoms with van der Waals surface area (Å²) < 4.78 is 0. The van der Waals surface area contributed by atoms with Crippen LogP contribution in [0.15, 0.2) is 24.3 Å². The molecule has 0 amide bonds. The molecule has 1 saturated carbocycles. The highest BCUT2D eigenvalue weighted by atomic mass is 35.5. The Morgan fingerprint density at radius 3 is 2.63 bits per heavy atom. The second-order valence-electron chi connectivity index (χ2n) is 5.78. The minimum Gasteiger partial charge on any atom is -0.394 e. The Kier molecular flexibility index (Phi) is 5.12.